The van der Waals surface area contributed by atoms with E-state index < -0.39 is 12.0 Å². The highest BCUT2D eigenvalue weighted by molar-refractivity contribution is 8.00. The van der Waals surface area contributed by atoms with Gasteiger partial charge in [0.25, 0.3) is 0 Å². The molecule has 0 aromatic heterocycles. The number of amides is 2. The van der Waals surface area contributed by atoms with E-state index in [-0.39, 0.29) is 12.4 Å². The lowest BCUT2D eigenvalue weighted by atomic mass is 10.4. The second-order valence-electron chi connectivity index (χ2n) is 2.99. The molecule has 1 N–H and O–H groups in total. The number of carbonyl (C=O) groups excluding carboxylic acids is 2. The van der Waals surface area contributed by atoms with Crippen molar-refractivity contribution in [2.75, 3.05) is 12.4 Å². The van der Waals surface area contributed by atoms with Gasteiger partial charge in [-0.2, -0.15) is 0 Å². The minimum atomic E-state index is -0.725. The first-order valence-corrected chi connectivity index (χ1v) is 6.33. The van der Waals surface area contributed by atoms with Gasteiger partial charge < -0.3 is 4.74 Å². The summed E-state index contributed by atoms with van der Waals surface area (Å²) >= 11 is 7.18. The first-order chi connectivity index (χ1) is 8.13. The summed E-state index contributed by atoms with van der Waals surface area (Å²) in [6.45, 7) is 1.90. The average Bonchev–Trinajstić information content (AvgIpc) is 2.28. The maximum atomic E-state index is 11.3. The molecular formula is C11H12ClNO3S. The van der Waals surface area contributed by atoms with E-state index in [9.17, 15) is 9.59 Å². The van der Waals surface area contributed by atoms with Gasteiger partial charge in [-0.25, -0.2) is 4.79 Å². The molecule has 1 aromatic carbocycles. The lowest BCUT2D eigenvalue weighted by Crippen LogP contribution is -2.32. The number of hydrogen-bond acceptors (Lipinski definition) is 4. The van der Waals surface area contributed by atoms with Crippen LogP contribution in [0.3, 0.4) is 0 Å². The van der Waals surface area contributed by atoms with Gasteiger partial charge in [0.05, 0.1) is 17.4 Å². The molecule has 0 aliphatic heterocycles. The van der Waals surface area contributed by atoms with E-state index in [1.165, 1.54) is 11.8 Å². The topological polar surface area (TPSA) is 55.4 Å². The minimum absolute atomic E-state index is 0.114. The van der Waals surface area contributed by atoms with Crippen LogP contribution in [0.4, 0.5) is 4.79 Å². The number of benzene rings is 1. The zero-order valence-corrected chi connectivity index (χ0v) is 10.8. The summed E-state index contributed by atoms with van der Waals surface area (Å²) in [5, 5.41) is 2.69. The van der Waals surface area contributed by atoms with Crippen molar-refractivity contribution in [1.82, 2.24) is 5.32 Å². The van der Waals surface area contributed by atoms with Crippen molar-refractivity contribution in [2.45, 2.75) is 11.8 Å². The Labute approximate surface area is 109 Å². The van der Waals surface area contributed by atoms with Crippen LogP contribution in [-0.4, -0.2) is 24.4 Å². The van der Waals surface area contributed by atoms with E-state index in [0.717, 1.165) is 4.90 Å². The van der Waals surface area contributed by atoms with Crippen LogP contribution in [0.15, 0.2) is 29.2 Å². The summed E-state index contributed by atoms with van der Waals surface area (Å²) < 4.78 is 4.58. The quantitative estimate of drug-likeness (QED) is 0.857. The second-order valence-corrected chi connectivity index (χ2v) is 4.41. The number of imide groups is 1. The Kier molecular flexibility index (Phi) is 5.86. The van der Waals surface area contributed by atoms with Gasteiger partial charge in [-0.1, -0.05) is 23.7 Å². The Morgan fingerprint density at radius 1 is 1.41 bits per heavy atom. The summed E-state index contributed by atoms with van der Waals surface area (Å²) in [4.78, 5) is 23.1. The number of nitrogens with one attached hydrogen (secondary N) is 1. The summed E-state index contributed by atoms with van der Waals surface area (Å²) in [5.41, 5.74) is 0. The third-order valence-electron chi connectivity index (χ3n) is 1.71. The molecule has 92 valence electrons. The van der Waals surface area contributed by atoms with E-state index in [1.54, 1.807) is 13.0 Å². The van der Waals surface area contributed by atoms with Gasteiger partial charge >= 0.3 is 6.09 Å². The van der Waals surface area contributed by atoms with Gasteiger partial charge in [0, 0.05) is 4.90 Å². The number of hydrogen-bond donors (Lipinski definition) is 1. The molecule has 0 spiro atoms. The maximum absolute atomic E-state index is 11.3. The Balaban J connectivity index is 2.38. The summed E-state index contributed by atoms with van der Waals surface area (Å²) in [5.74, 6) is -0.295. The molecule has 0 heterocycles. The molecule has 6 heteroatoms. The summed E-state index contributed by atoms with van der Waals surface area (Å²) in [7, 11) is 0. The van der Waals surface area contributed by atoms with Crippen molar-refractivity contribution in [3.8, 4) is 0 Å². The van der Waals surface area contributed by atoms with Gasteiger partial charge in [-0.15, -0.1) is 11.8 Å². The highest BCUT2D eigenvalue weighted by Crippen LogP contribution is 2.26. The largest absolute Gasteiger partial charge is 0.450 e. The number of halogens is 1. The smallest absolute Gasteiger partial charge is 0.413 e. The SMILES string of the molecule is CCOC(=O)NC(=O)CSc1ccccc1Cl. The number of carbonyl (C=O) groups is 2. The fourth-order valence-corrected chi connectivity index (χ4v) is 2.06. The molecule has 0 saturated carbocycles. The summed E-state index contributed by atoms with van der Waals surface area (Å²) in [6, 6.07) is 7.19. The molecule has 1 rings (SSSR count). The Morgan fingerprint density at radius 2 is 2.12 bits per heavy atom. The van der Waals surface area contributed by atoms with Gasteiger partial charge in [-0.05, 0) is 19.1 Å². The third kappa shape index (κ3) is 5.10. The Hall–Kier alpha value is -1.20. The van der Waals surface area contributed by atoms with Crippen LogP contribution in [0.5, 0.6) is 0 Å². The van der Waals surface area contributed by atoms with Crippen LogP contribution in [0, 0.1) is 0 Å². The zero-order valence-electron chi connectivity index (χ0n) is 9.23. The van der Waals surface area contributed by atoms with Crippen LogP contribution in [0.1, 0.15) is 6.92 Å². The molecule has 0 saturated heterocycles. The van der Waals surface area contributed by atoms with E-state index >= 15 is 0 Å². The molecule has 2 amide bonds. The van der Waals surface area contributed by atoms with Crippen LogP contribution in [-0.2, 0) is 9.53 Å². The average molecular weight is 274 g/mol. The molecule has 0 aliphatic rings. The predicted octanol–water partition coefficient (Wildman–Crippen LogP) is 2.70. The molecule has 0 unspecified atom stereocenters. The fraction of sp³-hybridized carbons (Fsp3) is 0.273. The Morgan fingerprint density at radius 3 is 2.76 bits per heavy atom. The standard InChI is InChI=1S/C11H12ClNO3S/c1-2-16-11(15)13-10(14)7-17-9-6-4-3-5-8(9)12/h3-6H,2,7H2,1H3,(H,13,14,15). The highest BCUT2D eigenvalue weighted by atomic mass is 35.5. The van der Waals surface area contributed by atoms with E-state index in [4.69, 9.17) is 11.6 Å². The van der Waals surface area contributed by atoms with Gasteiger partial charge in [0.2, 0.25) is 5.91 Å². The minimum Gasteiger partial charge on any atom is -0.450 e. The molecule has 0 fully saturated rings. The Bertz CT molecular complexity index is 411. The van der Waals surface area contributed by atoms with Gasteiger partial charge in [0.1, 0.15) is 0 Å². The number of rotatable bonds is 4. The van der Waals surface area contributed by atoms with Gasteiger partial charge in [0.15, 0.2) is 0 Å². The first-order valence-electron chi connectivity index (χ1n) is 4.97. The molecule has 17 heavy (non-hydrogen) atoms. The third-order valence-corrected chi connectivity index (χ3v) is 3.23. The van der Waals surface area contributed by atoms with Crippen LogP contribution in [0.2, 0.25) is 5.02 Å². The zero-order chi connectivity index (χ0) is 12.7. The van der Waals surface area contributed by atoms with Crippen molar-refractivity contribution in [1.29, 1.82) is 0 Å². The van der Waals surface area contributed by atoms with Gasteiger partial charge in [-0.3, -0.25) is 10.1 Å². The van der Waals surface area contributed by atoms with Crippen molar-refractivity contribution in [2.24, 2.45) is 0 Å². The lowest BCUT2D eigenvalue weighted by molar-refractivity contribution is -0.117. The van der Waals surface area contributed by atoms with Crippen LogP contribution < -0.4 is 5.32 Å². The summed E-state index contributed by atoms with van der Waals surface area (Å²) in [6.07, 6.45) is -0.725. The van der Waals surface area contributed by atoms with E-state index in [2.05, 4.69) is 10.1 Å². The number of alkyl carbamates (subject to hydrolysis) is 1. The maximum Gasteiger partial charge on any atom is 0.413 e. The molecule has 0 atom stereocenters. The van der Waals surface area contributed by atoms with Crippen molar-refractivity contribution in [3.63, 3.8) is 0 Å². The van der Waals surface area contributed by atoms with Crippen molar-refractivity contribution in [3.05, 3.63) is 29.3 Å². The number of thioether (sulfide) groups is 1. The van der Waals surface area contributed by atoms with Crippen molar-refractivity contribution < 1.29 is 14.3 Å². The molecule has 0 bridgehead atoms. The molecular weight excluding hydrogens is 262 g/mol. The first kappa shape index (κ1) is 13.9. The molecule has 0 radical (unpaired) electrons. The van der Waals surface area contributed by atoms with E-state index in [1.807, 2.05) is 18.2 Å². The van der Waals surface area contributed by atoms with Crippen LogP contribution in [0.25, 0.3) is 0 Å². The van der Waals surface area contributed by atoms with E-state index in [0.29, 0.717) is 5.02 Å². The molecule has 0 aliphatic carbocycles. The lowest BCUT2D eigenvalue weighted by Gasteiger charge is -2.05. The highest BCUT2D eigenvalue weighted by Gasteiger charge is 2.09. The van der Waals surface area contributed by atoms with Crippen LogP contribution >= 0.6 is 23.4 Å². The fourth-order valence-electron chi connectivity index (χ4n) is 1.02. The molecule has 1 aromatic rings. The molecule has 4 nitrogen and oxygen atoms in total. The monoisotopic (exact) mass is 273 g/mol. The van der Waals surface area contributed by atoms with Crippen molar-refractivity contribution >= 4 is 35.4 Å². The predicted molar refractivity (Wildman–Crippen MR) is 67.3 cm³/mol. The second kappa shape index (κ2) is 7.19. The number of ether oxygens (including phenoxy) is 1. The normalized spacial score (nSPS) is 9.76.